The fourth-order valence-electron chi connectivity index (χ4n) is 3.97. The molecule has 0 atom stereocenters. The summed E-state index contributed by atoms with van der Waals surface area (Å²) < 4.78 is 50.0. The van der Waals surface area contributed by atoms with Crippen molar-refractivity contribution in [1.29, 1.82) is 0 Å². The van der Waals surface area contributed by atoms with Crippen LogP contribution in [0.5, 0.6) is 17.2 Å². The Morgan fingerprint density at radius 1 is 0.532 bits per heavy atom. The number of carbonyl (C=O) groups is 1. The number of benzene rings is 3. The van der Waals surface area contributed by atoms with E-state index in [1.54, 1.807) is 45.6 Å². The van der Waals surface area contributed by atoms with E-state index < -0.39 is 0 Å². The smallest absolute Gasteiger partial charge is 0.259 e. The molecular weight excluding hydrogens is 606 g/mol. The van der Waals surface area contributed by atoms with Gasteiger partial charge < -0.3 is 47.9 Å². The standard InChI is InChI=1S/C36H45NO10/c1-39-17-20-42-23-26-45-33-16-15-32(34(46-27-24-43-21-18-40-2)35(33)47-28-25-44-22-19-41-3)36(38)37-31-13-11-30(12-14-31)10-9-29-7-5-4-6-8-29/h4-8,11-16H,17-28H2,1-3H3,(H,37,38). The van der Waals surface area contributed by atoms with E-state index in [4.69, 9.17) is 42.6 Å². The van der Waals surface area contributed by atoms with Crippen molar-refractivity contribution in [3.8, 4) is 29.1 Å². The molecule has 0 heterocycles. The van der Waals surface area contributed by atoms with Gasteiger partial charge in [0.2, 0.25) is 5.75 Å². The summed E-state index contributed by atoms with van der Waals surface area (Å²) in [6.07, 6.45) is 0. The molecule has 47 heavy (non-hydrogen) atoms. The Morgan fingerprint density at radius 3 is 1.57 bits per heavy atom. The van der Waals surface area contributed by atoms with Crippen LogP contribution in [0.15, 0.2) is 66.7 Å². The molecule has 1 N–H and O–H groups in total. The molecule has 3 rings (SSSR count). The van der Waals surface area contributed by atoms with E-state index >= 15 is 0 Å². The predicted molar refractivity (Wildman–Crippen MR) is 178 cm³/mol. The molecule has 0 bridgehead atoms. The summed E-state index contributed by atoms with van der Waals surface area (Å²) in [5, 5.41) is 2.95. The van der Waals surface area contributed by atoms with Crippen molar-refractivity contribution in [2.45, 2.75) is 0 Å². The highest BCUT2D eigenvalue weighted by molar-refractivity contribution is 6.07. The maximum Gasteiger partial charge on any atom is 0.259 e. The van der Waals surface area contributed by atoms with Crippen molar-refractivity contribution < 1.29 is 47.4 Å². The van der Waals surface area contributed by atoms with E-state index in [1.807, 2.05) is 42.5 Å². The van der Waals surface area contributed by atoms with Gasteiger partial charge in [0.1, 0.15) is 19.8 Å². The lowest BCUT2D eigenvalue weighted by molar-refractivity contribution is 0.0467. The molecule has 0 saturated heterocycles. The molecule has 0 aliphatic carbocycles. The van der Waals surface area contributed by atoms with Gasteiger partial charge in [0.15, 0.2) is 11.5 Å². The largest absolute Gasteiger partial charge is 0.487 e. The second-order valence-corrected chi connectivity index (χ2v) is 9.78. The highest BCUT2D eigenvalue weighted by atomic mass is 16.6. The molecule has 0 aliphatic heterocycles. The van der Waals surface area contributed by atoms with Crippen LogP contribution in [0.2, 0.25) is 0 Å². The van der Waals surface area contributed by atoms with E-state index in [0.29, 0.717) is 64.3 Å². The molecule has 1 amide bonds. The van der Waals surface area contributed by atoms with Gasteiger partial charge in [-0.2, -0.15) is 0 Å². The lowest BCUT2D eigenvalue weighted by Gasteiger charge is -2.20. The fraction of sp³-hybridized carbons (Fsp3) is 0.417. The number of nitrogens with one attached hydrogen (secondary N) is 1. The summed E-state index contributed by atoms with van der Waals surface area (Å²) in [5.41, 5.74) is 2.60. The van der Waals surface area contributed by atoms with Gasteiger partial charge >= 0.3 is 0 Å². The van der Waals surface area contributed by atoms with Gasteiger partial charge in [-0.3, -0.25) is 4.79 Å². The van der Waals surface area contributed by atoms with Crippen molar-refractivity contribution in [3.05, 3.63) is 83.4 Å². The molecule has 0 aromatic heterocycles. The molecule has 11 nitrogen and oxygen atoms in total. The second-order valence-electron chi connectivity index (χ2n) is 9.78. The Balaban J connectivity index is 1.80. The average Bonchev–Trinajstić information content (AvgIpc) is 3.10. The third kappa shape index (κ3) is 14.4. The first-order chi connectivity index (χ1) is 23.2. The van der Waals surface area contributed by atoms with Gasteiger partial charge in [0, 0.05) is 38.1 Å². The third-order valence-electron chi connectivity index (χ3n) is 6.32. The molecule has 254 valence electrons. The second kappa shape index (κ2) is 23.2. The summed E-state index contributed by atoms with van der Waals surface area (Å²) >= 11 is 0. The quantitative estimate of drug-likeness (QED) is 0.117. The first-order valence-corrected chi connectivity index (χ1v) is 15.4. The number of rotatable bonds is 23. The number of hydrogen-bond acceptors (Lipinski definition) is 10. The van der Waals surface area contributed by atoms with Gasteiger partial charge in [0.25, 0.3) is 5.91 Å². The number of ether oxygens (including phenoxy) is 9. The van der Waals surface area contributed by atoms with Crippen molar-refractivity contribution in [3.63, 3.8) is 0 Å². The van der Waals surface area contributed by atoms with Gasteiger partial charge in [-0.25, -0.2) is 0 Å². The van der Waals surface area contributed by atoms with Crippen molar-refractivity contribution >= 4 is 11.6 Å². The number of amides is 1. The summed E-state index contributed by atoms with van der Waals surface area (Å²) in [4.78, 5) is 13.6. The highest BCUT2D eigenvalue weighted by Gasteiger charge is 2.23. The van der Waals surface area contributed by atoms with Crippen LogP contribution in [0.25, 0.3) is 0 Å². The molecule has 0 aliphatic rings. The summed E-state index contributed by atoms with van der Waals surface area (Å²) in [7, 11) is 4.82. The monoisotopic (exact) mass is 651 g/mol. The zero-order chi connectivity index (χ0) is 33.4. The van der Waals surface area contributed by atoms with E-state index in [9.17, 15) is 4.79 Å². The predicted octanol–water partition coefficient (Wildman–Crippen LogP) is 4.46. The van der Waals surface area contributed by atoms with Crippen molar-refractivity contribution in [2.24, 2.45) is 0 Å². The zero-order valence-electron chi connectivity index (χ0n) is 27.4. The van der Waals surface area contributed by atoms with Crippen LogP contribution >= 0.6 is 0 Å². The number of methoxy groups -OCH3 is 3. The maximum atomic E-state index is 13.6. The van der Waals surface area contributed by atoms with E-state index in [1.165, 1.54) is 0 Å². The van der Waals surface area contributed by atoms with E-state index in [2.05, 4.69) is 17.2 Å². The SMILES string of the molecule is COCCOCCOc1ccc(C(=O)Nc2ccc(C#Cc3ccccc3)cc2)c(OCCOCCOC)c1OCCOCCOC. The van der Waals surface area contributed by atoms with Gasteiger partial charge in [-0.1, -0.05) is 30.0 Å². The fourth-order valence-corrected chi connectivity index (χ4v) is 3.97. The molecule has 0 fully saturated rings. The van der Waals surface area contributed by atoms with Crippen LogP contribution < -0.4 is 19.5 Å². The topological polar surface area (TPSA) is 112 Å². The third-order valence-corrected chi connectivity index (χ3v) is 6.32. The van der Waals surface area contributed by atoms with Crippen molar-refractivity contribution in [1.82, 2.24) is 0 Å². The molecule has 0 unspecified atom stereocenters. The molecule has 3 aromatic rings. The first kappa shape index (κ1) is 37.3. The zero-order valence-corrected chi connectivity index (χ0v) is 27.4. The molecule has 0 radical (unpaired) electrons. The number of anilines is 1. The Kier molecular flexibility index (Phi) is 18.4. The van der Waals surface area contributed by atoms with Crippen molar-refractivity contribution in [2.75, 3.05) is 106 Å². The Bertz CT molecular complexity index is 1360. The molecule has 0 spiro atoms. The molecule has 0 saturated carbocycles. The van der Waals surface area contributed by atoms with Crippen LogP contribution in [-0.2, 0) is 28.4 Å². The van der Waals surface area contributed by atoms with Gasteiger partial charge in [-0.15, -0.1) is 0 Å². The Labute approximate surface area is 277 Å². The van der Waals surface area contributed by atoms with E-state index in [-0.39, 0.29) is 49.4 Å². The lowest BCUT2D eigenvalue weighted by atomic mass is 10.1. The maximum absolute atomic E-state index is 13.6. The lowest BCUT2D eigenvalue weighted by Crippen LogP contribution is -2.18. The van der Waals surface area contributed by atoms with Crippen LogP contribution in [0.1, 0.15) is 21.5 Å². The first-order valence-electron chi connectivity index (χ1n) is 15.4. The minimum atomic E-state index is -0.390. The minimum absolute atomic E-state index is 0.156. The molecule has 3 aromatic carbocycles. The Hall–Kier alpha value is -4.15. The van der Waals surface area contributed by atoms with Crippen LogP contribution in [0.4, 0.5) is 5.69 Å². The summed E-state index contributed by atoms with van der Waals surface area (Å²) in [5.74, 6) is 6.77. The van der Waals surface area contributed by atoms with Crippen LogP contribution in [0, 0.1) is 11.8 Å². The molecular formula is C36H45NO10. The van der Waals surface area contributed by atoms with Crippen LogP contribution in [-0.4, -0.2) is 107 Å². The number of hydrogen-bond donors (Lipinski definition) is 1. The van der Waals surface area contributed by atoms with E-state index in [0.717, 1.165) is 11.1 Å². The average molecular weight is 652 g/mol. The highest BCUT2D eigenvalue weighted by Crippen LogP contribution is 2.41. The number of carbonyl (C=O) groups excluding carboxylic acids is 1. The van der Waals surface area contributed by atoms with Crippen LogP contribution in [0.3, 0.4) is 0 Å². The minimum Gasteiger partial charge on any atom is -0.487 e. The normalized spacial score (nSPS) is 10.6. The van der Waals surface area contributed by atoms with Gasteiger partial charge in [0.05, 0.1) is 65.0 Å². The molecule has 11 heteroatoms. The summed E-state index contributed by atoms with van der Waals surface area (Å²) in [6.45, 7) is 4.15. The van der Waals surface area contributed by atoms with Gasteiger partial charge in [-0.05, 0) is 48.5 Å². The summed E-state index contributed by atoms with van der Waals surface area (Å²) in [6, 6.07) is 20.4. The Morgan fingerprint density at radius 2 is 1.02 bits per heavy atom.